The highest BCUT2D eigenvalue weighted by atomic mass is 32.2. The third-order valence-corrected chi connectivity index (χ3v) is 14.1. The van der Waals surface area contributed by atoms with Crippen LogP contribution in [0.25, 0.3) is 10.9 Å². The van der Waals surface area contributed by atoms with Crippen LogP contribution >= 0.6 is 0 Å². The molecule has 4 bridgehead atoms. The second-order valence-electron chi connectivity index (χ2n) is 16.0. The molecule has 3 aliphatic carbocycles. The van der Waals surface area contributed by atoms with Crippen LogP contribution in [0.1, 0.15) is 76.7 Å². The average Bonchev–Trinajstić information content (AvgIpc) is 3.95. The Hall–Kier alpha value is -4.51. The first-order chi connectivity index (χ1) is 27.0. The Balaban J connectivity index is 1.15. The van der Waals surface area contributed by atoms with E-state index < -0.39 is 62.6 Å². The smallest absolute Gasteiger partial charge is 0.320 e. The topological polar surface area (TPSA) is 198 Å². The van der Waals surface area contributed by atoms with Crippen molar-refractivity contribution in [3.63, 3.8) is 0 Å². The standard InChI is InChI=1S/C39H51N7O9S/c1-3-25-20-39(25,36(49)44-56(51,52)28-12-13-28)43-33(47)31-19-27-21-46(31)35(48)32(24-8-5-6-9-24)41-38(50)45-16-7-10-26(45)22-53-17-15-23-11-14-30-29(18-23)34(55-27)42-37(40-30)54-4-2/h3,11,14,18,24-28,31-32H,1,4-10,12-13,15-17,19-22H2,2H3,(H,41,50)(H,43,47)(H,44,49)/t25-,26+,27-,31+,32+,39-/m1/s1. The van der Waals surface area contributed by atoms with Crippen LogP contribution in [-0.4, -0.2) is 120 Å². The Morgan fingerprint density at radius 1 is 1.11 bits per heavy atom. The molecule has 302 valence electrons. The molecule has 8 rings (SSSR count). The molecule has 6 atom stereocenters. The van der Waals surface area contributed by atoms with E-state index in [1.807, 2.05) is 25.1 Å². The molecule has 3 saturated carbocycles. The number of hydrogen-bond donors (Lipinski definition) is 3. The van der Waals surface area contributed by atoms with Gasteiger partial charge in [-0.25, -0.2) is 13.2 Å². The van der Waals surface area contributed by atoms with Gasteiger partial charge in [-0.1, -0.05) is 25.0 Å². The Labute approximate surface area is 326 Å². The number of aromatic nitrogens is 2. The van der Waals surface area contributed by atoms with Crippen molar-refractivity contribution in [2.45, 2.75) is 113 Å². The molecule has 3 N–H and O–H groups in total. The van der Waals surface area contributed by atoms with E-state index >= 15 is 0 Å². The minimum atomic E-state index is -3.90. The third-order valence-electron chi connectivity index (χ3n) is 12.3. The molecule has 4 heterocycles. The summed E-state index contributed by atoms with van der Waals surface area (Å²) in [5.41, 5.74) is 0.0189. The molecule has 16 nitrogen and oxygen atoms in total. The Morgan fingerprint density at radius 3 is 2.64 bits per heavy atom. The number of nitrogens with one attached hydrogen (secondary N) is 3. The van der Waals surface area contributed by atoms with Gasteiger partial charge in [-0.15, -0.1) is 6.58 Å². The fourth-order valence-corrected chi connectivity index (χ4v) is 10.2. The maximum Gasteiger partial charge on any atom is 0.320 e. The summed E-state index contributed by atoms with van der Waals surface area (Å²) in [5, 5.41) is 5.95. The van der Waals surface area contributed by atoms with Gasteiger partial charge in [-0.3, -0.25) is 19.1 Å². The second kappa shape index (κ2) is 15.4. The highest BCUT2D eigenvalue weighted by Gasteiger charge is 2.62. The first kappa shape index (κ1) is 38.4. The van der Waals surface area contributed by atoms with Crippen molar-refractivity contribution in [2.75, 3.05) is 32.9 Å². The Bertz CT molecular complexity index is 2000. The van der Waals surface area contributed by atoms with Crippen LogP contribution in [0.15, 0.2) is 30.9 Å². The third kappa shape index (κ3) is 7.63. The predicted molar refractivity (Wildman–Crippen MR) is 203 cm³/mol. The number of fused-ring (bicyclic) bond motifs is 4. The number of carbonyl (C=O) groups excluding carboxylic acids is 4. The lowest BCUT2D eigenvalue weighted by atomic mass is 9.96. The molecular weight excluding hydrogens is 743 g/mol. The molecule has 1 aromatic carbocycles. The zero-order valence-electron chi connectivity index (χ0n) is 31.7. The summed E-state index contributed by atoms with van der Waals surface area (Å²) < 4.78 is 46.2. The molecule has 2 aromatic rings. The molecule has 3 aliphatic heterocycles. The number of nitrogens with zero attached hydrogens (tertiary/aromatic N) is 4. The lowest BCUT2D eigenvalue weighted by Crippen LogP contribution is -2.60. The number of amides is 5. The summed E-state index contributed by atoms with van der Waals surface area (Å²) in [4.78, 5) is 69.4. The van der Waals surface area contributed by atoms with Crippen LogP contribution in [0.5, 0.6) is 11.9 Å². The SMILES string of the molecule is C=C[C@@H]1C[C@]1(NC(=O)[C@@H]1C[C@@H]2CN1C(=O)[C@H](C1CCCC1)NC(=O)N1CCC[C@H]1COCCc1ccc3nc(OCC)nc(c3c1)O2)C(=O)NS(=O)(=O)C1CC1. The van der Waals surface area contributed by atoms with Crippen LogP contribution in [0, 0.1) is 11.8 Å². The molecule has 56 heavy (non-hydrogen) atoms. The Kier molecular flexibility index (Phi) is 10.6. The van der Waals surface area contributed by atoms with E-state index in [1.54, 1.807) is 4.90 Å². The molecule has 0 spiro atoms. The van der Waals surface area contributed by atoms with Crippen molar-refractivity contribution in [3.05, 3.63) is 36.4 Å². The molecule has 6 aliphatic rings. The molecule has 0 unspecified atom stereocenters. The van der Waals surface area contributed by atoms with Crippen LogP contribution in [0.4, 0.5) is 4.79 Å². The number of rotatable bonds is 9. The highest BCUT2D eigenvalue weighted by molar-refractivity contribution is 7.91. The zero-order valence-corrected chi connectivity index (χ0v) is 32.6. The minimum absolute atomic E-state index is 0.00844. The van der Waals surface area contributed by atoms with Crippen molar-refractivity contribution < 1.29 is 41.8 Å². The molecule has 2 saturated heterocycles. The van der Waals surface area contributed by atoms with E-state index in [0.29, 0.717) is 56.5 Å². The molecule has 1 aromatic heterocycles. The maximum atomic E-state index is 14.9. The van der Waals surface area contributed by atoms with E-state index in [4.69, 9.17) is 14.2 Å². The molecule has 0 radical (unpaired) electrons. The van der Waals surface area contributed by atoms with Gasteiger partial charge >= 0.3 is 12.0 Å². The summed E-state index contributed by atoms with van der Waals surface area (Å²) in [5.74, 6) is -2.29. The van der Waals surface area contributed by atoms with Gasteiger partial charge in [0.1, 0.15) is 23.7 Å². The maximum absolute atomic E-state index is 14.9. The highest BCUT2D eigenvalue weighted by Crippen LogP contribution is 2.46. The van der Waals surface area contributed by atoms with E-state index in [0.717, 1.165) is 44.1 Å². The van der Waals surface area contributed by atoms with Gasteiger partial charge < -0.3 is 34.6 Å². The first-order valence-electron chi connectivity index (χ1n) is 20.1. The van der Waals surface area contributed by atoms with Crippen molar-refractivity contribution in [1.82, 2.24) is 35.1 Å². The number of benzene rings is 1. The monoisotopic (exact) mass is 793 g/mol. The lowest BCUT2D eigenvalue weighted by molar-refractivity contribution is -0.142. The van der Waals surface area contributed by atoms with E-state index in [1.165, 1.54) is 11.0 Å². The molecule has 5 amide bonds. The summed E-state index contributed by atoms with van der Waals surface area (Å²) in [6.45, 7) is 7.28. The van der Waals surface area contributed by atoms with Gasteiger partial charge in [0.15, 0.2) is 0 Å². The van der Waals surface area contributed by atoms with E-state index in [9.17, 15) is 27.6 Å². The molecule has 17 heteroatoms. The van der Waals surface area contributed by atoms with Gasteiger partial charge in [0, 0.05) is 18.9 Å². The fourth-order valence-electron chi connectivity index (χ4n) is 8.87. The number of sulfonamides is 1. The van der Waals surface area contributed by atoms with Gasteiger partial charge in [-0.2, -0.15) is 9.97 Å². The number of urea groups is 1. The van der Waals surface area contributed by atoms with E-state index in [2.05, 4.69) is 31.9 Å². The number of hydrogen-bond acceptors (Lipinski definition) is 11. The van der Waals surface area contributed by atoms with Crippen LogP contribution < -0.4 is 24.8 Å². The summed E-state index contributed by atoms with van der Waals surface area (Å²) in [7, 11) is -3.90. The predicted octanol–water partition coefficient (Wildman–Crippen LogP) is 2.35. The quantitative estimate of drug-likeness (QED) is 0.315. The molecule has 5 fully saturated rings. The number of ether oxygens (including phenoxy) is 3. The van der Waals surface area contributed by atoms with E-state index in [-0.39, 0.29) is 49.3 Å². The van der Waals surface area contributed by atoms with Crippen LogP contribution in [0.2, 0.25) is 0 Å². The van der Waals surface area contributed by atoms with Gasteiger partial charge in [0.2, 0.25) is 27.7 Å². The summed E-state index contributed by atoms with van der Waals surface area (Å²) in [6.07, 6.45) is 7.42. The normalized spacial score (nSPS) is 29.9. The molecular formula is C39H51N7O9S. The van der Waals surface area contributed by atoms with Gasteiger partial charge in [0.25, 0.3) is 5.91 Å². The minimum Gasteiger partial charge on any atom is -0.472 e. The van der Waals surface area contributed by atoms with Gasteiger partial charge in [0.05, 0.1) is 48.6 Å². The average molecular weight is 794 g/mol. The summed E-state index contributed by atoms with van der Waals surface area (Å²) in [6, 6.07) is 3.39. The fraction of sp³-hybridized carbons (Fsp3) is 0.641. The van der Waals surface area contributed by atoms with Gasteiger partial charge in [-0.05, 0) is 81.9 Å². The second-order valence-corrected chi connectivity index (χ2v) is 18.0. The largest absolute Gasteiger partial charge is 0.472 e. The summed E-state index contributed by atoms with van der Waals surface area (Å²) >= 11 is 0. The van der Waals surface area contributed by atoms with Crippen molar-refractivity contribution in [3.8, 4) is 11.9 Å². The van der Waals surface area contributed by atoms with Crippen molar-refractivity contribution in [1.29, 1.82) is 0 Å². The zero-order chi connectivity index (χ0) is 39.2. The first-order valence-corrected chi connectivity index (χ1v) is 21.6. The van der Waals surface area contributed by atoms with Crippen molar-refractivity contribution in [2.24, 2.45) is 11.8 Å². The number of carbonyl (C=O) groups is 4. The lowest BCUT2D eigenvalue weighted by Gasteiger charge is -2.34. The van der Waals surface area contributed by atoms with Crippen LogP contribution in [-0.2, 0) is 35.6 Å². The Morgan fingerprint density at radius 2 is 1.91 bits per heavy atom. The van der Waals surface area contributed by atoms with Crippen LogP contribution in [0.3, 0.4) is 0 Å². The van der Waals surface area contributed by atoms with Crippen molar-refractivity contribution >= 4 is 44.7 Å².